The van der Waals surface area contributed by atoms with Crippen LogP contribution in [0.1, 0.15) is 18.1 Å². The van der Waals surface area contributed by atoms with Crippen LogP contribution in [0.2, 0.25) is 0 Å². The number of carbonyl (C=O) groups is 1. The lowest BCUT2D eigenvalue weighted by molar-refractivity contribution is -0.111. The van der Waals surface area contributed by atoms with E-state index in [0.717, 1.165) is 17.4 Å². The minimum atomic E-state index is -3.25. The number of benzene rings is 2. The fourth-order valence-electron chi connectivity index (χ4n) is 2.40. The molecule has 2 aromatic rings. The van der Waals surface area contributed by atoms with Gasteiger partial charge in [-0.15, -0.1) is 0 Å². The molecule has 2 rings (SSSR count). The summed E-state index contributed by atoms with van der Waals surface area (Å²) in [5, 5.41) is 0. The molecule has 0 aromatic heterocycles. The lowest BCUT2D eigenvalue weighted by Crippen LogP contribution is -2.01. The average Bonchev–Trinajstić information content (AvgIpc) is 2.52. The van der Waals surface area contributed by atoms with E-state index in [2.05, 4.69) is 6.58 Å². The summed E-state index contributed by atoms with van der Waals surface area (Å²) in [6, 6.07) is 15.8. The predicted octanol–water partition coefficient (Wildman–Crippen LogP) is 3.78. The first-order valence-corrected chi connectivity index (χ1v) is 8.97. The van der Waals surface area contributed by atoms with Gasteiger partial charge in [0.25, 0.3) is 0 Å². The lowest BCUT2D eigenvalue weighted by Gasteiger charge is -2.11. The monoisotopic (exact) mass is 326 g/mol. The second-order valence-corrected chi connectivity index (χ2v) is 7.23. The second-order valence-electron chi connectivity index (χ2n) is 5.21. The Bertz CT molecular complexity index is 859. The van der Waals surface area contributed by atoms with Gasteiger partial charge in [-0.1, -0.05) is 55.1 Å². The first-order chi connectivity index (χ1) is 10.8. The van der Waals surface area contributed by atoms with Crippen LogP contribution in [-0.4, -0.2) is 20.5 Å². The van der Waals surface area contributed by atoms with Gasteiger partial charge >= 0.3 is 0 Å². The van der Waals surface area contributed by atoms with E-state index in [4.69, 9.17) is 0 Å². The van der Waals surface area contributed by atoms with Crippen LogP contribution in [0.5, 0.6) is 0 Å². The van der Waals surface area contributed by atoms with E-state index < -0.39 is 9.84 Å². The molecule has 0 aliphatic carbocycles. The summed E-state index contributed by atoms with van der Waals surface area (Å²) < 4.78 is 23.1. The lowest BCUT2D eigenvalue weighted by atomic mass is 9.92. The Morgan fingerprint density at radius 1 is 0.957 bits per heavy atom. The number of rotatable bonds is 5. The van der Waals surface area contributed by atoms with Crippen molar-refractivity contribution in [3.05, 3.63) is 78.4 Å². The van der Waals surface area contributed by atoms with Gasteiger partial charge < -0.3 is 0 Å². The zero-order valence-electron chi connectivity index (χ0n) is 13.1. The number of hydrogen-bond donors (Lipinski definition) is 0. The van der Waals surface area contributed by atoms with Crippen LogP contribution in [0.15, 0.2) is 72.1 Å². The SMILES string of the molecule is C=C/C(=C(\C(C)=O)c1ccccc1)c1ccc(S(C)(=O)=O)cc1. The second kappa shape index (κ2) is 6.75. The van der Waals surface area contributed by atoms with Crippen molar-refractivity contribution in [3.8, 4) is 0 Å². The van der Waals surface area contributed by atoms with Crippen molar-refractivity contribution in [1.29, 1.82) is 0 Å². The molecule has 0 amide bonds. The molecule has 0 heterocycles. The number of ketones is 1. The third kappa shape index (κ3) is 3.85. The summed E-state index contributed by atoms with van der Waals surface area (Å²) >= 11 is 0. The van der Waals surface area contributed by atoms with E-state index in [1.165, 1.54) is 19.1 Å². The van der Waals surface area contributed by atoms with E-state index >= 15 is 0 Å². The summed E-state index contributed by atoms with van der Waals surface area (Å²) in [5.41, 5.74) is 2.81. The van der Waals surface area contributed by atoms with Crippen molar-refractivity contribution < 1.29 is 13.2 Å². The highest BCUT2D eigenvalue weighted by Gasteiger charge is 2.14. The van der Waals surface area contributed by atoms with Gasteiger partial charge in [0.15, 0.2) is 15.6 Å². The fraction of sp³-hybridized carbons (Fsp3) is 0.105. The Labute approximate surface area is 136 Å². The number of allylic oxidation sites excluding steroid dienone is 3. The maximum Gasteiger partial charge on any atom is 0.175 e. The molecule has 0 unspecified atom stereocenters. The summed E-state index contributed by atoms with van der Waals surface area (Å²) in [7, 11) is -3.25. The molecule has 0 saturated heterocycles. The van der Waals surface area contributed by atoms with Crippen molar-refractivity contribution in [3.63, 3.8) is 0 Å². The molecule has 0 fully saturated rings. The van der Waals surface area contributed by atoms with E-state index in [9.17, 15) is 13.2 Å². The first kappa shape index (κ1) is 16.9. The first-order valence-electron chi connectivity index (χ1n) is 7.08. The van der Waals surface area contributed by atoms with Gasteiger partial charge in [0, 0.05) is 11.8 Å². The third-order valence-electron chi connectivity index (χ3n) is 3.48. The molecule has 0 atom stereocenters. The van der Waals surface area contributed by atoms with E-state index in [1.807, 2.05) is 30.3 Å². The molecular formula is C19H18O3S. The number of carbonyl (C=O) groups excluding carboxylic acids is 1. The van der Waals surface area contributed by atoms with Gasteiger partial charge in [0.2, 0.25) is 0 Å². The molecule has 0 aliphatic heterocycles. The normalized spacial score (nSPS) is 12.4. The zero-order chi connectivity index (χ0) is 17.0. The highest BCUT2D eigenvalue weighted by atomic mass is 32.2. The van der Waals surface area contributed by atoms with Crippen LogP contribution in [0.3, 0.4) is 0 Å². The largest absolute Gasteiger partial charge is 0.294 e. The van der Waals surface area contributed by atoms with Crippen LogP contribution in [0.25, 0.3) is 11.1 Å². The standard InChI is InChI=1S/C19H18O3S/c1-4-18(15-10-12-17(13-11-15)23(3,21)22)19(14(2)20)16-8-6-5-7-9-16/h4-13H,1H2,2-3H3/b19-18-. The van der Waals surface area contributed by atoms with Crippen molar-refractivity contribution in [2.45, 2.75) is 11.8 Å². The van der Waals surface area contributed by atoms with Crippen LogP contribution in [0, 0.1) is 0 Å². The summed E-state index contributed by atoms with van der Waals surface area (Å²) in [6.45, 7) is 5.32. The van der Waals surface area contributed by atoms with Crippen LogP contribution < -0.4 is 0 Å². The van der Waals surface area contributed by atoms with Crippen molar-refractivity contribution in [1.82, 2.24) is 0 Å². The topological polar surface area (TPSA) is 51.2 Å². The van der Waals surface area contributed by atoms with Gasteiger partial charge in [-0.05, 0) is 35.8 Å². The van der Waals surface area contributed by atoms with Crippen molar-refractivity contribution in [2.75, 3.05) is 6.26 Å². The Morgan fingerprint density at radius 2 is 1.52 bits per heavy atom. The van der Waals surface area contributed by atoms with Crippen LogP contribution >= 0.6 is 0 Å². The Balaban J connectivity index is 2.64. The summed E-state index contributed by atoms with van der Waals surface area (Å²) in [5.74, 6) is -0.0710. The molecule has 0 bridgehead atoms. The molecule has 0 radical (unpaired) electrons. The van der Waals surface area contributed by atoms with Crippen LogP contribution in [-0.2, 0) is 14.6 Å². The van der Waals surface area contributed by atoms with Gasteiger partial charge in [-0.2, -0.15) is 0 Å². The molecule has 23 heavy (non-hydrogen) atoms. The minimum absolute atomic E-state index is 0.0710. The summed E-state index contributed by atoms with van der Waals surface area (Å²) in [6.07, 6.45) is 2.79. The number of hydrogen-bond acceptors (Lipinski definition) is 3. The quantitative estimate of drug-likeness (QED) is 0.477. The molecular weight excluding hydrogens is 308 g/mol. The van der Waals surface area contributed by atoms with Gasteiger partial charge in [0.1, 0.15) is 0 Å². The van der Waals surface area contributed by atoms with Gasteiger partial charge in [-0.25, -0.2) is 8.42 Å². The summed E-state index contributed by atoms with van der Waals surface area (Å²) in [4.78, 5) is 12.4. The maximum atomic E-state index is 12.1. The Morgan fingerprint density at radius 3 is 1.96 bits per heavy atom. The maximum absolute atomic E-state index is 12.1. The average molecular weight is 326 g/mol. The highest BCUT2D eigenvalue weighted by molar-refractivity contribution is 7.90. The molecule has 0 saturated carbocycles. The van der Waals surface area contributed by atoms with Crippen molar-refractivity contribution in [2.24, 2.45) is 0 Å². The molecule has 118 valence electrons. The van der Waals surface area contributed by atoms with E-state index in [-0.39, 0.29) is 10.7 Å². The molecule has 4 heteroatoms. The number of Topliss-reactive ketones (excluding diaryl/α,β-unsaturated/α-hetero) is 1. The van der Waals surface area contributed by atoms with E-state index in [0.29, 0.717) is 11.1 Å². The van der Waals surface area contributed by atoms with Crippen LogP contribution in [0.4, 0.5) is 0 Å². The van der Waals surface area contributed by atoms with E-state index in [1.54, 1.807) is 18.2 Å². The van der Waals surface area contributed by atoms with Crippen molar-refractivity contribution >= 4 is 26.8 Å². The molecule has 0 aliphatic rings. The van der Waals surface area contributed by atoms with Gasteiger partial charge in [0.05, 0.1) is 4.90 Å². The Hall–Kier alpha value is -2.46. The zero-order valence-corrected chi connectivity index (χ0v) is 13.9. The Kier molecular flexibility index (Phi) is 4.96. The highest BCUT2D eigenvalue weighted by Crippen LogP contribution is 2.28. The molecule has 3 nitrogen and oxygen atoms in total. The minimum Gasteiger partial charge on any atom is -0.294 e. The van der Waals surface area contributed by atoms with Gasteiger partial charge in [-0.3, -0.25) is 4.79 Å². The molecule has 0 N–H and O–H groups in total. The number of sulfone groups is 1. The fourth-order valence-corrected chi connectivity index (χ4v) is 3.03. The third-order valence-corrected chi connectivity index (χ3v) is 4.61. The molecule has 2 aromatic carbocycles. The smallest absolute Gasteiger partial charge is 0.175 e. The molecule has 0 spiro atoms. The predicted molar refractivity (Wildman–Crippen MR) is 93.7 cm³/mol.